The second kappa shape index (κ2) is 7.60. The van der Waals surface area contributed by atoms with Crippen molar-refractivity contribution < 1.29 is 23.1 Å². The van der Waals surface area contributed by atoms with Crippen LogP contribution in [0.15, 0.2) is 30.5 Å². The maximum absolute atomic E-state index is 16.1. The molecular weight excluding hydrogens is 457 g/mol. The summed E-state index contributed by atoms with van der Waals surface area (Å²) in [6, 6.07) is 7.37. The fourth-order valence-corrected chi connectivity index (χ4v) is 5.47. The quantitative estimate of drug-likeness (QED) is 0.362. The molecule has 0 aliphatic heterocycles. The van der Waals surface area contributed by atoms with E-state index in [1.165, 1.54) is 12.3 Å². The summed E-state index contributed by atoms with van der Waals surface area (Å²) >= 11 is 0. The zero-order valence-corrected chi connectivity index (χ0v) is 19.4. The van der Waals surface area contributed by atoms with E-state index in [9.17, 15) is 23.9 Å². The van der Waals surface area contributed by atoms with Crippen molar-refractivity contribution in [2.24, 2.45) is 5.41 Å². The molecule has 0 amide bonds. The summed E-state index contributed by atoms with van der Waals surface area (Å²) in [4.78, 5) is 11.8. The standard InChI is InChI=1S/C26H23F3N4O2/c1-25(2,6-7-30)23-19(14-10-26(3,11-14)24(34)35)20-18(8-13-12-31-32-22(13)21(20)29)33(23)15-4-5-16(27)17(28)9-15/h4-5,8-9,12,14H,6,10-11H2,1-3H3,(H,31,32)(H,34,35)/t14-,26-. The van der Waals surface area contributed by atoms with Gasteiger partial charge in [-0.3, -0.25) is 9.89 Å². The van der Waals surface area contributed by atoms with E-state index >= 15 is 4.39 Å². The number of carbonyl (C=O) groups is 1. The molecule has 2 N–H and O–H groups in total. The molecule has 1 aliphatic carbocycles. The van der Waals surface area contributed by atoms with E-state index in [1.807, 2.05) is 13.8 Å². The summed E-state index contributed by atoms with van der Waals surface area (Å²) < 4.78 is 45.9. The number of H-pyrrole nitrogens is 1. The summed E-state index contributed by atoms with van der Waals surface area (Å²) in [6.45, 7) is 5.33. The fourth-order valence-electron chi connectivity index (χ4n) is 5.47. The molecule has 0 spiro atoms. The van der Waals surface area contributed by atoms with Crippen molar-refractivity contribution in [2.45, 2.75) is 51.4 Å². The van der Waals surface area contributed by atoms with Crippen LogP contribution in [0.3, 0.4) is 0 Å². The number of carboxylic acid groups (broad SMARTS) is 1. The molecule has 2 aromatic carbocycles. The van der Waals surface area contributed by atoms with Crippen molar-refractivity contribution in [3.8, 4) is 11.8 Å². The number of nitrogens with one attached hydrogen (secondary N) is 1. The van der Waals surface area contributed by atoms with E-state index in [2.05, 4.69) is 16.3 Å². The van der Waals surface area contributed by atoms with Gasteiger partial charge in [0.1, 0.15) is 5.52 Å². The number of rotatable bonds is 5. The highest BCUT2D eigenvalue weighted by atomic mass is 19.2. The predicted molar refractivity (Wildman–Crippen MR) is 124 cm³/mol. The number of aliphatic carboxylic acids is 1. The lowest BCUT2D eigenvalue weighted by Gasteiger charge is -2.43. The lowest BCUT2D eigenvalue weighted by atomic mass is 9.59. The Balaban J connectivity index is 1.92. The zero-order chi connectivity index (χ0) is 25.3. The van der Waals surface area contributed by atoms with Crippen LogP contribution in [0.2, 0.25) is 0 Å². The van der Waals surface area contributed by atoms with E-state index < -0.39 is 34.3 Å². The van der Waals surface area contributed by atoms with Crippen LogP contribution >= 0.6 is 0 Å². The zero-order valence-electron chi connectivity index (χ0n) is 19.4. The van der Waals surface area contributed by atoms with Crippen LogP contribution in [-0.2, 0) is 10.2 Å². The molecule has 0 unspecified atom stereocenters. The summed E-state index contributed by atoms with van der Waals surface area (Å²) in [6.07, 6.45) is 2.12. The molecule has 2 heterocycles. The third-order valence-corrected chi connectivity index (χ3v) is 7.29. The highest BCUT2D eigenvalue weighted by Crippen LogP contribution is 2.56. The van der Waals surface area contributed by atoms with E-state index in [0.29, 0.717) is 22.2 Å². The van der Waals surface area contributed by atoms with Gasteiger partial charge in [0.2, 0.25) is 0 Å². The van der Waals surface area contributed by atoms with Gasteiger partial charge in [0.05, 0.1) is 23.2 Å². The SMILES string of the molecule is CC(C)(CC#N)c1c([C@H]2C[C@](C)(C(=O)O)C2)c2c(F)c3[nH]ncc3cc2n1-c1ccc(F)c(F)c1. The first-order valence-electron chi connectivity index (χ1n) is 11.2. The van der Waals surface area contributed by atoms with Gasteiger partial charge in [0.25, 0.3) is 0 Å². The maximum atomic E-state index is 16.1. The molecule has 1 aliphatic rings. The molecule has 0 atom stereocenters. The molecule has 4 aromatic rings. The number of nitriles is 1. The number of carboxylic acids is 1. The molecule has 35 heavy (non-hydrogen) atoms. The average Bonchev–Trinajstić information content (AvgIpc) is 3.37. The van der Waals surface area contributed by atoms with Gasteiger partial charge < -0.3 is 9.67 Å². The summed E-state index contributed by atoms with van der Waals surface area (Å²) in [5, 5.41) is 26.6. The van der Waals surface area contributed by atoms with Gasteiger partial charge in [-0.2, -0.15) is 10.4 Å². The van der Waals surface area contributed by atoms with Gasteiger partial charge in [-0.05, 0) is 49.4 Å². The molecule has 2 aromatic heterocycles. The van der Waals surface area contributed by atoms with Crippen LogP contribution in [0, 0.1) is 34.2 Å². The number of hydrogen-bond donors (Lipinski definition) is 2. The van der Waals surface area contributed by atoms with Gasteiger partial charge in [-0.1, -0.05) is 13.8 Å². The Kier molecular flexibility index (Phi) is 4.99. The maximum Gasteiger partial charge on any atom is 0.309 e. The Bertz CT molecular complexity index is 1550. The normalized spacial score (nSPS) is 20.2. The van der Waals surface area contributed by atoms with Crippen LogP contribution in [-0.4, -0.2) is 25.8 Å². The number of aromatic nitrogens is 3. The number of hydrogen-bond acceptors (Lipinski definition) is 3. The van der Waals surface area contributed by atoms with Crippen molar-refractivity contribution in [3.05, 3.63) is 59.2 Å². The Morgan fingerprint density at radius 2 is 2.00 bits per heavy atom. The largest absolute Gasteiger partial charge is 0.481 e. The monoisotopic (exact) mass is 480 g/mol. The molecule has 5 rings (SSSR count). The molecule has 1 saturated carbocycles. The molecule has 0 bridgehead atoms. The average molecular weight is 480 g/mol. The van der Waals surface area contributed by atoms with Gasteiger partial charge in [0.15, 0.2) is 17.5 Å². The van der Waals surface area contributed by atoms with Gasteiger partial charge in [-0.15, -0.1) is 0 Å². The van der Waals surface area contributed by atoms with Gasteiger partial charge in [0, 0.05) is 40.1 Å². The Hall–Kier alpha value is -3.80. The van der Waals surface area contributed by atoms with E-state index in [-0.39, 0.29) is 41.8 Å². The van der Waals surface area contributed by atoms with Crippen molar-refractivity contribution >= 4 is 27.8 Å². The molecule has 180 valence electrons. The second-order valence-electron chi connectivity index (χ2n) is 10.3. The second-order valence-corrected chi connectivity index (χ2v) is 10.3. The Morgan fingerprint density at radius 1 is 1.29 bits per heavy atom. The number of fused-ring (bicyclic) bond motifs is 2. The van der Waals surface area contributed by atoms with Crippen molar-refractivity contribution in [3.63, 3.8) is 0 Å². The van der Waals surface area contributed by atoms with Crippen LogP contribution in [0.5, 0.6) is 0 Å². The third kappa shape index (κ3) is 3.31. The van der Waals surface area contributed by atoms with Crippen LogP contribution in [0.4, 0.5) is 13.2 Å². The minimum atomic E-state index is -1.05. The smallest absolute Gasteiger partial charge is 0.309 e. The predicted octanol–water partition coefficient (Wildman–Crippen LogP) is 6.08. The van der Waals surface area contributed by atoms with Gasteiger partial charge >= 0.3 is 5.97 Å². The minimum Gasteiger partial charge on any atom is -0.481 e. The van der Waals surface area contributed by atoms with E-state index in [4.69, 9.17) is 0 Å². The van der Waals surface area contributed by atoms with Gasteiger partial charge in [-0.25, -0.2) is 13.2 Å². The topological polar surface area (TPSA) is 94.7 Å². The van der Waals surface area contributed by atoms with Crippen LogP contribution in [0.25, 0.3) is 27.5 Å². The summed E-state index contributed by atoms with van der Waals surface area (Å²) in [7, 11) is 0. The highest BCUT2D eigenvalue weighted by molar-refractivity contribution is 6.00. The molecule has 0 radical (unpaired) electrons. The fraction of sp³-hybridized carbons (Fsp3) is 0.346. The summed E-state index contributed by atoms with van der Waals surface area (Å²) in [5.41, 5.74) is 0.306. The Morgan fingerprint density at radius 3 is 2.63 bits per heavy atom. The Labute approximate surface area is 199 Å². The summed E-state index contributed by atoms with van der Waals surface area (Å²) in [5.74, 6) is -3.84. The van der Waals surface area contributed by atoms with Crippen molar-refractivity contribution in [1.29, 1.82) is 5.26 Å². The number of nitrogens with zero attached hydrogens (tertiary/aromatic N) is 3. The van der Waals surface area contributed by atoms with Crippen LogP contribution in [0.1, 0.15) is 57.2 Å². The highest BCUT2D eigenvalue weighted by Gasteiger charge is 2.50. The molecule has 0 saturated heterocycles. The molecule has 1 fully saturated rings. The molecule has 6 nitrogen and oxygen atoms in total. The lowest BCUT2D eigenvalue weighted by molar-refractivity contribution is -0.154. The number of halogens is 3. The number of aromatic amines is 1. The molecular formula is C26H23F3N4O2. The van der Waals surface area contributed by atoms with Crippen LogP contribution < -0.4 is 0 Å². The van der Waals surface area contributed by atoms with E-state index in [1.54, 1.807) is 17.6 Å². The van der Waals surface area contributed by atoms with Crippen molar-refractivity contribution in [2.75, 3.05) is 0 Å². The third-order valence-electron chi connectivity index (χ3n) is 7.29. The lowest BCUT2D eigenvalue weighted by Crippen LogP contribution is -2.41. The van der Waals surface area contributed by atoms with Crippen molar-refractivity contribution in [1.82, 2.24) is 14.8 Å². The first-order chi connectivity index (χ1) is 16.5. The minimum absolute atomic E-state index is 0.0734. The van der Waals surface area contributed by atoms with E-state index in [0.717, 1.165) is 12.1 Å². The first-order valence-corrected chi connectivity index (χ1v) is 11.2. The first kappa shape index (κ1) is 23.0. The molecule has 9 heteroatoms. The number of benzene rings is 2.